The van der Waals surface area contributed by atoms with Crippen LogP contribution in [0.5, 0.6) is 5.75 Å². The summed E-state index contributed by atoms with van der Waals surface area (Å²) in [7, 11) is 0. The maximum Gasteiger partial charge on any atom is 0.115 e. The zero-order valence-electron chi connectivity index (χ0n) is 8.74. The summed E-state index contributed by atoms with van der Waals surface area (Å²) < 4.78 is 0. The van der Waals surface area contributed by atoms with Crippen molar-refractivity contribution in [2.45, 2.75) is 12.5 Å². The van der Waals surface area contributed by atoms with Gasteiger partial charge in [0.1, 0.15) is 5.75 Å². The first-order valence-corrected chi connectivity index (χ1v) is 5.11. The molecule has 3 heteroatoms. The number of pyridine rings is 1. The molecule has 0 fully saturated rings. The number of aromatic nitrogens is 1. The molecule has 1 heterocycles. The normalized spacial score (nSPS) is 12.3. The number of nitrogens with zero attached hydrogens (tertiary/aromatic N) is 1. The van der Waals surface area contributed by atoms with Crippen molar-refractivity contribution in [3.8, 4) is 5.75 Å². The van der Waals surface area contributed by atoms with Gasteiger partial charge in [0.25, 0.3) is 0 Å². The highest BCUT2D eigenvalue weighted by Gasteiger charge is 2.08. The standard InChI is InChI=1S/C13H13NO2/c15-12-5-3-11(4-6-12)13(16)8-10-2-1-7-14-9-10/h1-7,9,13,15-16H,8H2. The number of hydrogen-bond acceptors (Lipinski definition) is 3. The van der Waals surface area contributed by atoms with Crippen LogP contribution in [0, 0.1) is 0 Å². The van der Waals surface area contributed by atoms with Crippen LogP contribution in [-0.4, -0.2) is 15.2 Å². The van der Waals surface area contributed by atoms with E-state index in [-0.39, 0.29) is 5.75 Å². The maximum absolute atomic E-state index is 9.96. The lowest BCUT2D eigenvalue weighted by Gasteiger charge is -2.10. The second kappa shape index (κ2) is 4.77. The van der Waals surface area contributed by atoms with Gasteiger partial charge >= 0.3 is 0 Å². The molecule has 0 aliphatic heterocycles. The Kier molecular flexibility index (Phi) is 3.17. The van der Waals surface area contributed by atoms with Gasteiger partial charge in [-0.1, -0.05) is 18.2 Å². The van der Waals surface area contributed by atoms with Crippen molar-refractivity contribution in [2.75, 3.05) is 0 Å². The summed E-state index contributed by atoms with van der Waals surface area (Å²) in [5.41, 5.74) is 1.78. The highest BCUT2D eigenvalue weighted by molar-refractivity contribution is 5.28. The molecule has 2 rings (SSSR count). The van der Waals surface area contributed by atoms with Gasteiger partial charge in [0.05, 0.1) is 6.10 Å². The van der Waals surface area contributed by atoms with Gasteiger partial charge in [-0.15, -0.1) is 0 Å². The molecule has 0 spiro atoms. The summed E-state index contributed by atoms with van der Waals surface area (Å²) in [6.45, 7) is 0. The number of hydrogen-bond donors (Lipinski definition) is 2. The Morgan fingerprint density at radius 1 is 1.12 bits per heavy atom. The Balaban J connectivity index is 2.09. The Morgan fingerprint density at radius 2 is 1.88 bits per heavy atom. The number of phenolic OH excluding ortho intramolecular Hbond substituents is 1. The summed E-state index contributed by atoms with van der Waals surface area (Å²) in [5, 5.41) is 19.1. The second-order valence-electron chi connectivity index (χ2n) is 3.67. The van der Waals surface area contributed by atoms with Crippen LogP contribution in [0.15, 0.2) is 48.8 Å². The van der Waals surface area contributed by atoms with Gasteiger partial charge in [-0.3, -0.25) is 4.98 Å². The van der Waals surface area contributed by atoms with E-state index in [1.54, 1.807) is 36.7 Å². The summed E-state index contributed by atoms with van der Waals surface area (Å²) in [5.74, 6) is 0.206. The Labute approximate surface area is 94.0 Å². The van der Waals surface area contributed by atoms with Crippen LogP contribution >= 0.6 is 0 Å². The number of aromatic hydroxyl groups is 1. The number of aliphatic hydroxyl groups is 1. The number of rotatable bonds is 3. The van der Waals surface area contributed by atoms with E-state index in [0.29, 0.717) is 6.42 Å². The van der Waals surface area contributed by atoms with Gasteiger partial charge < -0.3 is 10.2 Å². The van der Waals surface area contributed by atoms with Crippen LogP contribution in [0.25, 0.3) is 0 Å². The predicted octanol–water partition coefficient (Wildman–Crippen LogP) is 2.06. The molecule has 16 heavy (non-hydrogen) atoms. The van der Waals surface area contributed by atoms with Gasteiger partial charge in [-0.25, -0.2) is 0 Å². The lowest BCUT2D eigenvalue weighted by molar-refractivity contribution is 0.178. The average Bonchev–Trinajstić information content (AvgIpc) is 2.31. The summed E-state index contributed by atoms with van der Waals surface area (Å²) in [6, 6.07) is 10.4. The third-order valence-electron chi connectivity index (χ3n) is 2.43. The van der Waals surface area contributed by atoms with Crippen molar-refractivity contribution in [1.29, 1.82) is 0 Å². The molecule has 1 aromatic carbocycles. The fraction of sp³-hybridized carbons (Fsp3) is 0.154. The van der Waals surface area contributed by atoms with Crippen molar-refractivity contribution >= 4 is 0 Å². The topological polar surface area (TPSA) is 53.4 Å². The number of phenols is 1. The van der Waals surface area contributed by atoms with Gasteiger partial charge in [0.15, 0.2) is 0 Å². The lowest BCUT2D eigenvalue weighted by atomic mass is 10.0. The van der Waals surface area contributed by atoms with Crippen molar-refractivity contribution < 1.29 is 10.2 Å². The molecule has 0 saturated heterocycles. The second-order valence-corrected chi connectivity index (χ2v) is 3.67. The van der Waals surface area contributed by atoms with E-state index >= 15 is 0 Å². The van der Waals surface area contributed by atoms with Crippen molar-refractivity contribution in [1.82, 2.24) is 4.98 Å². The smallest absolute Gasteiger partial charge is 0.115 e. The van der Waals surface area contributed by atoms with Gasteiger partial charge in [-0.05, 0) is 29.3 Å². The minimum absolute atomic E-state index is 0.206. The highest BCUT2D eigenvalue weighted by Crippen LogP contribution is 2.20. The molecule has 1 unspecified atom stereocenters. The minimum atomic E-state index is -0.565. The zero-order chi connectivity index (χ0) is 11.4. The van der Waals surface area contributed by atoms with E-state index in [9.17, 15) is 5.11 Å². The summed E-state index contributed by atoms with van der Waals surface area (Å²) >= 11 is 0. The molecule has 0 saturated carbocycles. The maximum atomic E-state index is 9.96. The SMILES string of the molecule is Oc1ccc(C(O)Cc2cccnc2)cc1. The Hall–Kier alpha value is -1.87. The van der Waals surface area contributed by atoms with E-state index in [4.69, 9.17) is 5.11 Å². The van der Waals surface area contributed by atoms with Crippen LogP contribution in [0.4, 0.5) is 0 Å². The van der Waals surface area contributed by atoms with Crippen molar-refractivity contribution in [3.63, 3.8) is 0 Å². The molecule has 0 aliphatic rings. The predicted molar refractivity (Wildman–Crippen MR) is 61.0 cm³/mol. The van der Waals surface area contributed by atoms with Crippen LogP contribution < -0.4 is 0 Å². The van der Waals surface area contributed by atoms with Gasteiger partial charge in [0.2, 0.25) is 0 Å². The first kappa shape index (κ1) is 10.6. The van der Waals surface area contributed by atoms with Crippen LogP contribution in [0.1, 0.15) is 17.2 Å². The Morgan fingerprint density at radius 3 is 2.50 bits per heavy atom. The fourth-order valence-corrected chi connectivity index (χ4v) is 1.56. The molecular weight excluding hydrogens is 202 g/mol. The lowest BCUT2D eigenvalue weighted by Crippen LogP contribution is -2.01. The molecule has 0 bridgehead atoms. The summed E-state index contributed by atoms with van der Waals surface area (Å²) in [4.78, 5) is 3.99. The van der Waals surface area contributed by atoms with E-state index < -0.39 is 6.10 Å². The fourth-order valence-electron chi connectivity index (χ4n) is 1.56. The molecule has 2 N–H and O–H groups in total. The Bertz CT molecular complexity index is 439. The number of benzene rings is 1. The molecule has 3 nitrogen and oxygen atoms in total. The molecule has 0 aliphatic carbocycles. The zero-order valence-corrected chi connectivity index (χ0v) is 8.74. The quantitative estimate of drug-likeness (QED) is 0.824. The molecule has 1 aromatic heterocycles. The molecule has 2 aromatic rings. The molecule has 0 radical (unpaired) electrons. The third kappa shape index (κ3) is 2.58. The van der Waals surface area contributed by atoms with E-state index in [2.05, 4.69) is 4.98 Å². The first-order chi connectivity index (χ1) is 7.75. The van der Waals surface area contributed by atoms with E-state index in [1.807, 2.05) is 12.1 Å². The number of aliphatic hydroxyl groups excluding tert-OH is 1. The van der Waals surface area contributed by atoms with Gasteiger partial charge in [-0.2, -0.15) is 0 Å². The molecule has 82 valence electrons. The summed E-state index contributed by atoms with van der Waals surface area (Å²) in [6.07, 6.45) is 3.41. The molecule has 0 amide bonds. The first-order valence-electron chi connectivity index (χ1n) is 5.11. The highest BCUT2D eigenvalue weighted by atomic mass is 16.3. The van der Waals surface area contributed by atoms with Gasteiger partial charge in [0, 0.05) is 18.8 Å². The third-order valence-corrected chi connectivity index (χ3v) is 2.43. The molecular formula is C13H13NO2. The van der Waals surface area contributed by atoms with Crippen molar-refractivity contribution in [3.05, 3.63) is 59.9 Å². The molecule has 1 atom stereocenters. The average molecular weight is 215 g/mol. The van der Waals surface area contributed by atoms with Crippen molar-refractivity contribution in [2.24, 2.45) is 0 Å². The van der Waals surface area contributed by atoms with Crippen LogP contribution in [0.3, 0.4) is 0 Å². The minimum Gasteiger partial charge on any atom is -0.508 e. The van der Waals surface area contributed by atoms with E-state index in [1.165, 1.54) is 0 Å². The van der Waals surface area contributed by atoms with Crippen LogP contribution in [0.2, 0.25) is 0 Å². The largest absolute Gasteiger partial charge is 0.508 e. The van der Waals surface area contributed by atoms with Crippen LogP contribution in [-0.2, 0) is 6.42 Å². The monoisotopic (exact) mass is 215 g/mol. The van der Waals surface area contributed by atoms with E-state index in [0.717, 1.165) is 11.1 Å².